The second kappa shape index (κ2) is 14.5. The van der Waals surface area contributed by atoms with Gasteiger partial charge in [0, 0.05) is 17.4 Å². The van der Waals surface area contributed by atoms with Gasteiger partial charge < -0.3 is 42.1 Å². The van der Waals surface area contributed by atoms with E-state index in [1.54, 1.807) is 0 Å². The maximum Gasteiger partial charge on any atom is 0.321 e. The van der Waals surface area contributed by atoms with Gasteiger partial charge in [0.05, 0.1) is 18.5 Å². The van der Waals surface area contributed by atoms with Gasteiger partial charge in [-0.1, -0.05) is 6.42 Å². The maximum absolute atomic E-state index is 11.1. The quantitative estimate of drug-likeness (QED) is 0.150. The maximum atomic E-state index is 11.1. The van der Waals surface area contributed by atoms with E-state index < -0.39 is 36.3 Å². The number of unbranched alkanes of at least 4 members (excludes halogenated alkanes) is 1. The number of urea groups is 1. The Balaban J connectivity index is 0.000000273. The lowest BCUT2D eigenvalue weighted by Gasteiger charge is -2.16. The SMILES string of the molecule is NC(CC(=O)O)C(=O)O.O=C(O)C1CCCN1.O=C(O)CCCC[C@@H]1SC[C@@H]2NC(=O)N[C@@H]21. The Kier molecular flexibility index (Phi) is 12.5. The highest BCUT2D eigenvalue weighted by molar-refractivity contribution is 8.00. The number of carboxylic acids is 4. The summed E-state index contributed by atoms with van der Waals surface area (Å²) in [7, 11) is 0. The van der Waals surface area contributed by atoms with Gasteiger partial charge in [0.15, 0.2) is 0 Å². The van der Waals surface area contributed by atoms with Crippen LogP contribution in [0.2, 0.25) is 0 Å². The fourth-order valence-electron chi connectivity index (χ4n) is 3.44. The minimum absolute atomic E-state index is 0.0640. The van der Waals surface area contributed by atoms with Gasteiger partial charge in [-0.15, -0.1) is 0 Å². The van der Waals surface area contributed by atoms with Crippen LogP contribution in [0, 0.1) is 0 Å². The molecule has 0 spiro atoms. The van der Waals surface area contributed by atoms with Crippen molar-refractivity contribution in [3.8, 4) is 0 Å². The Morgan fingerprint density at radius 3 is 2.21 bits per heavy atom. The number of amides is 2. The zero-order valence-electron chi connectivity index (χ0n) is 18.1. The van der Waals surface area contributed by atoms with E-state index in [1.807, 2.05) is 11.8 Å². The number of nitrogens with one attached hydrogen (secondary N) is 3. The summed E-state index contributed by atoms with van der Waals surface area (Å²) in [6.45, 7) is 0.858. The van der Waals surface area contributed by atoms with E-state index in [2.05, 4.69) is 16.0 Å². The molecular weight excluding hydrogens is 460 g/mol. The van der Waals surface area contributed by atoms with Crippen LogP contribution in [0.3, 0.4) is 0 Å². The first kappa shape index (κ1) is 28.5. The van der Waals surface area contributed by atoms with Crippen LogP contribution in [0.4, 0.5) is 4.79 Å². The Morgan fingerprint density at radius 2 is 1.76 bits per heavy atom. The molecule has 9 N–H and O–H groups in total. The summed E-state index contributed by atoms with van der Waals surface area (Å²) in [6, 6.07) is -1.12. The van der Waals surface area contributed by atoms with Crippen molar-refractivity contribution in [3.05, 3.63) is 0 Å². The van der Waals surface area contributed by atoms with E-state index in [9.17, 15) is 24.0 Å². The van der Waals surface area contributed by atoms with Crippen molar-refractivity contribution < 1.29 is 44.4 Å². The summed E-state index contributed by atoms with van der Waals surface area (Å²) in [6.07, 6.45) is 4.13. The van der Waals surface area contributed by atoms with Crippen LogP contribution in [-0.4, -0.2) is 92.0 Å². The molecule has 0 aromatic heterocycles. The van der Waals surface area contributed by atoms with Crippen LogP contribution in [-0.2, 0) is 19.2 Å². The second-order valence-electron chi connectivity index (χ2n) is 7.79. The molecule has 3 saturated heterocycles. The summed E-state index contributed by atoms with van der Waals surface area (Å²) in [5.74, 6) is -2.98. The summed E-state index contributed by atoms with van der Waals surface area (Å²) >= 11 is 1.87. The molecule has 14 heteroatoms. The standard InChI is InChI=1S/C10H16N2O3S.C5H9NO2.C4H7NO4/c13-8(14)4-2-1-3-7-9-6(5-16-7)11-10(15)12-9;7-5(8)4-2-1-3-6-4;5-2(4(8)9)1-3(6)7/h6-7,9H,1-5H2,(H,13,14)(H2,11,12,15);4,6H,1-3H2,(H,7,8);2H,1,5H2,(H,6,7)(H,8,9)/t6-,7-,9-;;/m0../s1. The number of nitrogens with two attached hydrogens (primary N) is 1. The Hall–Kier alpha value is -2.58. The van der Waals surface area contributed by atoms with Crippen molar-refractivity contribution in [2.45, 2.75) is 74.4 Å². The first-order chi connectivity index (χ1) is 15.5. The molecule has 2 amide bonds. The van der Waals surface area contributed by atoms with Gasteiger partial charge in [-0.25, -0.2) is 4.79 Å². The molecular formula is C19H32N4O9S. The molecule has 5 atom stereocenters. The topological polar surface area (TPSA) is 228 Å². The number of aliphatic carboxylic acids is 4. The van der Waals surface area contributed by atoms with Crippen molar-refractivity contribution in [3.63, 3.8) is 0 Å². The number of carbonyl (C=O) groups excluding carboxylic acids is 1. The van der Waals surface area contributed by atoms with Gasteiger partial charge in [-0.3, -0.25) is 19.2 Å². The molecule has 3 heterocycles. The summed E-state index contributed by atoms with van der Waals surface area (Å²) in [4.78, 5) is 51.2. The first-order valence-electron chi connectivity index (χ1n) is 10.6. The van der Waals surface area contributed by atoms with Gasteiger partial charge in [-0.05, 0) is 32.2 Å². The van der Waals surface area contributed by atoms with E-state index in [0.29, 0.717) is 5.25 Å². The highest BCUT2D eigenvalue weighted by Gasteiger charge is 2.42. The molecule has 3 aliphatic rings. The van der Waals surface area contributed by atoms with Crippen LogP contribution in [0.5, 0.6) is 0 Å². The van der Waals surface area contributed by atoms with E-state index in [1.165, 1.54) is 0 Å². The number of hydrogen-bond donors (Lipinski definition) is 8. The van der Waals surface area contributed by atoms with E-state index in [-0.39, 0.29) is 30.6 Å². The van der Waals surface area contributed by atoms with Crippen molar-refractivity contribution in [1.29, 1.82) is 0 Å². The molecule has 13 nitrogen and oxygen atoms in total. The molecule has 0 aliphatic carbocycles. The minimum atomic E-state index is -1.29. The van der Waals surface area contributed by atoms with Crippen molar-refractivity contribution in [2.75, 3.05) is 12.3 Å². The van der Waals surface area contributed by atoms with Gasteiger partial charge in [0.2, 0.25) is 0 Å². The van der Waals surface area contributed by atoms with Crippen LogP contribution in [0.1, 0.15) is 44.9 Å². The van der Waals surface area contributed by atoms with E-state index in [4.69, 9.17) is 26.2 Å². The molecule has 188 valence electrons. The highest BCUT2D eigenvalue weighted by atomic mass is 32.2. The minimum Gasteiger partial charge on any atom is -0.481 e. The lowest BCUT2D eigenvalue weighted by atomic mass is 10.0. The number of carboxylic acid groups (broad SMARTS) is 4. The number of rotatable bonds is 9. The third kappa shape index (κ3) is 11.2. The van der Waals surface area contributed by atoms with Gasteiger partial charge >= 0.3 is 29.9 Å². The monoisotopic (exact) mass is 492 g/mol. The normalized spacial score (nSPS) is 25.8. The van der Waals surface area contributed by atoms with Gasteiger partial charge in [-0.2, -0.15) is 11.8 Å². The number of carbonyl (C=O) groups is 5. The lowest BCUT2D eigenvalue weighted by molar-refractivity contribution is -0.144. The fraction of sp³-hybridized carbons (Fsp3) is 0.737. The van der Waals surface area contributed by atoms with Crippen LogP contribution >= 0.6 is 11.8 Å². The molecule has 3 fully saturated rings. The molecule has 0 aromatic rings. The number of hydrogen-bond acceptors (Lipinski definition) is 8. The van der Waals surface area contributed by atoms with Crippen LogP contribution in [0.15, 0.2) is 0 Å². The summed E-state index contributed by atoms with van der Waals surface area (Å²) in [5, 5.41) is 42.0. The zero-order chi connectivity index (χ0) is 25.0. The Morgan fingerprint density at radius 1 is 1.06 bits per heavy atom. The second-order valence-corrected chi connectivity index (χ2v) is 9.06. The average molecular weight is 493 g/mol. The van der Waals surface area contributed by atoms with Crippen LogP contribution in [0.25, 0.3) is 0 Å². The lowest BCUT2D eigenvalue weighted by Crippen LogP contribution is -2.36. The highest BCUT2D eigenvalue weighted by Crippen LogP contribution is 2.33. The first-order valence-corrected chi connectivity index (χ1v) is 11.6. The summed E-state index contributed by atoms with van der Waals surface area (Å²) < 4.78 is 0. The molecule has 3 aliphatic heterocycles. The third-order valence-electron chi connectivity index (χ3n) is 5.14. The van der Waals surface area contributed by atoms with E-state index >= 15 is 0 Å². The average Bonchev–Trinajstić information content (AvgIpc) is 3.44. The summed E-state index contributed by atoms with van der Waals surface area (Å²) in [5.41, 5.74) is 4.84. The van der Waals surface area contributed by atoms with Crippen LogP contribution < -0.4 is 21.7 Å². The third-order valence-corrected chi connectivity index (χ3v) is 6.65. The number of thioether (sulfide) groups is 1. The molecule has 0 radical (unpaired) electrons. The van der Waals surface area contributed by atoms with Crippen molar-refractivity contribution in [2.24, 2.45) is 5.73 Å². The van der Waals surface area contributed by atoms with Crippen molar-refractivity contribution >= 4 is 41.7 Å². The molecule has 2 unspecified atom stereocenters. The fourth-order valence-corrected chi connectivity index (χ4v) is 4.98. The van der Waals surface area contributed by atoms with Gasteiger partial charge in [0.1, 0.15) is 12.1 Å². The van der Waals surface area contributed by atoms with Gasteiger partial charge in [0.25, 0.3) is 0 Å². The predicted molar refractivity (Wildman–Crippen MR) is 118 cm³/mol. The predicted octanol–water partition coefficient (Wildman–Crippen LogP) is -0.507. The largest absolute Gasteiger partial charge is 0.481 e. The number of fused-ring (bicyclic) bond motifs is 1. The molecule has 0 aromatic carbocycles. The molecule has 0 bridgehead atoms. The zero-order valence-corrected chi connectivity index (χ0v) is 18.9. The Bertz CT molecular complexity index is 703. The Labute approximate surface area is 194 Å². The smallest absolute Gasteiger partial charge is 0.321 e. The molecule has 33 heavy (non-hydrogen) atoms. The van der Waals surface area contributed by atoms with E-state index in [0.717, 1.165) is 44.4 Å². The molecule has 3 rings (SSSR count). The van der Waals surface area contributed by atoms with Crippen molar-refractivity contribution in [1.82, 2.24) is 16.0 Å². The molecule has 0 saturated carbocycles.